The van der Waals surface area contributed by atoms with Crippen LogP contribution in [0.4, 0.5) is 0 Å². The van der Waals surface area contributed by atoms with E-state index in [1.807, 2.05) is 52.2 Å². The third kappa shape index (κ3) is 6.36. The fourth-order valence-electron chi connectivity index (χ4n) is 2.17. The van der Waals surface area contributed by atoms with Gasteiger partial charge in [-0.3, -0.25) is 4.79 Å². The van der Waals surface area contributed by atoms with Crippen molar-refractivity contribution >= 4 is 18.3 Å². The Morgan fingerprint density at radius 3 is 2.43 bits per heavy atom. The lowest BCUT2D eigenvalue weighted by Crippen LogP contribution is -2.35. The first-order valence-corrected chi connectivity index (χ1v) is 7.01. The number of hydrogen-bond donors (Lipinski definition) is 1. The molecule has 1 atom stereocenters. The number of methoxy groups -OCH3 is 1. The van der Waals surface area contributed by atoms with E-state index in [1.54, 1.807) is 7.11 Å². The number of nitrogens with zero attached hydrogens (tertiary/aromatic N) is 1. The smallest absolute Gasteiger partial charge is 0.220 e. The zero-order valence-corrected chi connectivity index (χ0v) is 14.4. The molecule has 0 bridgehead atoms. The number of para-hydroxylation sites is 1. The van der Waals surface area contributed by atoms with E-state index in [2.05, 4.69) is 10.2 Å². The van der Waals surface area contributed by atoms with Gasteiger partial charge >= 0.3 is 0 Å². The highest BCUT2D eigenvalue weighted by molar-refractivity contribution is 5.85. The van der Waals surface area contributed by atoms with Crippen molar-refractivity contribution in [1.82, 2.24) is 10.2 Å². The van der Waals surface area contributed by atoms with Gasteiger partial charge in [0.15, 0.2) is 0 Å². The van der Waals surface area contributed by atoms with Gasteiger partial charge in [0.1, 0.15) is 5.75 Å². The van der Waals surface area contributed by atoms with Crippen LogP contribution in [0.2, 0.25) is 0 Å². The molecule has 21 heavy (non-hydrogen) atoms. The summed E-state index contributed by atoms with van der Waals surface area (Å²) in [7, 11) is 5.68. The normalized spacial score (nSPS) is 12.0. The van der Waals surface area contributed by atoms with Crippen molar-refractivity contribution in [3.63, 3.8) is 0 Å². The third-order valence-electron chi connectivity index (χ3n) is 3.21. The number of rotatable bonds is 7. The van der Waals surface area contributed by atoms with Gasteiger partial charge in [0.25, 0.3) is 0 Å². The summed E-state index contributed by atoms with van der Waals surface area (Å²) < 4.78 is 5.41. The largest absolute Gasteiger partial charge is 0.496 e. The summed E-state index contributed by atoms with van der Waals surface area (Å²) in [6.07, 6.45) is 0.562. The lowest BCUT2D eigenvalue weighted by Gasteiger charge is -2.26. The van der Waals surface area contributed by atoms with E-state index in [0.717, 1.165) is 11.3 Å². The van der Waals surface area contributed by atoms with E-state index in [-0.39, 0.29) is 24.4 Å². The Balaban J connectivity index is 0.00000400. The van der Waals surface area contributed by atoms with E-state index < -0.39 is 0 Å². The highest BCUT2D eigenvalue weighted by Crippen LogP contribution is 2.27. The molecule has 0 heterocycles. The topological polar surface area (TPSA) is 41.6 Å². The van der Waals surface area contributed by atoms with Gasteiger partial charge in [-0.05, 0) is 26.1 Å². The minimum Gasteiger partial charge on any atom is -0.496 e. The van der Waals surface area contributed by atoms with E-state index in [9.17, 15) is 4.79 Å². The van der Waals surface area contributed by atoms with Crippen molar-refractivity contribution in [1.29, 1.82) is 0 Å². The molecule has 0 aromatic heterocycles. The van der Waals surface area contributed by atoms with Gasteiger partial charge in [-0.2, -0.15) is 0 Å². The fourth-order valence-corrected chi connectivity index (χ4v) is 2.17. The van der Waals surface area contributed by atoms with Crippen LogP contribution >= 0.6 is 12.4 Å². The average molecular weight is 315 g/mol. The number of benzene rings is 1. The van der Waals surface area contributed by atoms with Crippen molar-refractivity contribution < 1.29 is 9.53 Å². The first-order valence-electron chi connectivity index (χ1n) is 7.01. The number of hydrogen-bond acceptors (Lipinski definition) is 3. The molecule has 120 valence electrons. The molecule has 1 aromatic rings. The van der Waals surface area contributed by atoms with Crippen LogP contribution < -0.4 is 10.1 Å². The SMILES string of the molecule is COc1ccccc1C(CNC(=O)CC(C)C)N(C)C.Cl. The van der Waals surface area contributed by atoms with Gasteiger partial charge in [0.2, 0.25) is 5.91 Å². The van der Waals surface area contributed by atoms with Gasteiger partial charge in [-0.25, -0.2) is 0 Å². The predicted octanol–water partition coefficient (Wildman–Crippen LogP) is 2.88. The fraction of sp³-hybridized carbons (Fsp3) is 0.562. The molecule has 0 fully saturated rings. The second-order valence-corrected chi connectivity index (χ2v) is 5.62. The van der Waals surface area contributed by atoms with E-state index in [1.165, 1.54) is 0 Å². The molecular weight excluding hydrogens is 288 g/mol. The maximum Gasteiger partial charge on any atom is 0.220 e. The monoisotopic (exact) mass is 314 g/mol. The number of carbonyl (C=O) groups excluding carboxylic acids is 1. The number of amides is 1. The zero-order valence-electron chi connectivity index (χ0n) is 13.6. The number of nitrogens with one attached hydrogen (secondary N) is 1. The zero-order chi connectivity index (χ0) is 15.1. The lowest BCUT2D eigenvalue weighted by molar-refractivity contribution is -0.122. The van der Waals surface area contributed by atoms with Crippen LogP contribution in [0, 0.1) is 5.92 Å². The number of ether oxygens (including phenoxy) is 1. The standard InChI is InChI=1S/C16H26N2O2.ClH/c1-12(2)10-16(19)17-11-14(18(3)4)13-8-6-7-9-15(13)20-5;/h6-9,12,14H,10-11H2,1-5H3,(H,17,19);1H. The Morgan fingerprint density at radius 2 is 1.90 bits per heavy atom. The molecule has 4 nitrogen and oxygen atoms in total. The van der Waals surface area contributed by atoms with E-state index >= 15 is 0 Å². The minimum atomic E-state index is 0. The Morgan fingerprint density at radius 1 is 1.29 bits per heavy atom. The summed E-state index contributed by atoms with van der Waals surface area (Å²) >= 11 is 0. The Labute approximate surface area is 134 Å². The Bertz CT molecular complexity index is 436. The Kier molecular flexibility index (Phi) is 9.06. The highest BCUT2D eigenvalue weighted by Gasteiger charge is 2.19. The molecule has 0 aliphatic rings. The van der Waals surface area contributed by atoms with E-state index in [0.29, 0.717) is 18.9 Å². The van der Waals surface area contributed by atoms with Crippen LogP contribution in [0.25, 0.3) is 0 Å². The summed E-state index contributed by atoms with van der Waals surface area (Å²) in [5.74, 6) is 1.32. The first kappa shape index (κ1) is 19.7. The molecule has 1 amide bonds. The minimum absolute atomic E-state index is 0. The molecule has 0 aliphatic heterocycles. The van der Waals surface area contributed by atoms with Crippen LogP contribution in [0.1, 0.15) is 31.9 Å². The van der Waals surface area contributed by atoms with Crippen LogP contribution in [-0.4, -0.2) is 38.6 Å². The maximum absolute atomic E-state index is 11.8. The van der Waals surface area contributed by atoms with Crippen LogP contribution in [0.3, 0.4) is 0 Å². The van der Waals surface area contributed by atoms with Crippen molar-refractivity contribution in [3.8, 4) is 5.75 Å². The molecular formula is C16H27ClN2O2. The molecule has 5 heteroatoms. The van der Waals surface area contributed by atoms with Crippen LogP contribution in [0.5, 0.6) is 5.75 Å². The molecule has 0 aliphatic carbocycles. The third-order valence-corrected chi connectivity index (χ3v) is 3.21. The summed E-state index contributed by atoms with van der Waals surface area (Å²) in [5, 5.41) is 3.01. The summed E-state index contributed by atoms with van der Waals surface area (Å²) in [5.41, 5.74) is 1.09. The van der Waals surface area contributed by atoms with Gasteiger partial charge in [0, 0.05) is 18.5 Å². The van der Waals surface area contributed by atoms with Gasteiger partial charge in [-0.1, -0.05) is 32.0 Å². The quantitative estimate of drug-likeness (QED) is 0.841. The second kappa shape index (κ2) is 9.64. The summed E-state index contributed by atoms with van der Waals surface area (Å²) in [6, 6.07) is 8.03. The molecule has 0 saturated heterocycles. The van der Waals surface area contributed by atoms with Gasteiger partial charge in [-0.15, -0.1) is 12.4 Å². The van der Waals surface area contributed by atoms with Gasteiger partial charge < -0.3 is 15.0 Å². The van der Waals surface area contributed by atoms with Crippen molar-refractivity contribution in [3.05, 3.63) is 29.8 Å². The number of carbonyl (C=O) groups is 1. The predicted molar refractivity (Wildman–Crippen MR) is 89.1 cm³/mol. The highest BCUT2D eigenvalue weighted by atomic mass is 35.5. The molecule has 0 spiro atoms. The maximum atomic E-state index is 11.8. The van der Waals surface area contributed by atoms with Crippen molar-refractivity contribution in [2.75, 3.05) is 27.7 Å². The molecule has 0 saturated carbocycles. The van der Waals surface area contributed by atoms with Crippen molar-refractivity contribution in [2.45, 2.75) is 26.3 Å². The number of halogens is 1. The molecule has 1 unspecified atom stereocenters. The second-order valence-electron chi connectivity index (χ2n) is 5.62. The Hall–Kier alpha value is -1.26. The summed E-state index contributed by atoms with van der Waals surface area (Å²) in [6.45, 7) is 4.67. The molecule has 1 N–H and O–H groups in total. The molecule has 0 radical (unpaired) electrons. The summed E-state index contributed by atoms with van der Waals surface area (Å²) in [4.78, 5) is 13.9. The molecule has 1 rings (SSSR count). The molecule has 1 aromatic carbocycles. The van der Waals surface area contributed by atoms with Crippen LogP contribution in [0.15, 0.2) is 24.3 Å². The average Bonchev–Trinajstić information content (AvgIpc) is 2.38. The van der Waals surface area contributed by atoms with Crippen molar-refractivity contribution in [2.24, 2.45) is 5.92 Å². The van der Waals surface area contributed by atoms with Gasteiger partial charge in [0.05, 0.1) is 13.2 Å². The van der Waals surface area contributed by atoms with E-state index in [4.69, 9.17) is 4.74 Å². The first-order chi connectivity index (χ1) is 9.45. The lowest BCUT2D eigenvalue weighted by atomic mass is 10.0. The van der Waals surface area contributed by atoms with Crippen LogP contribution in [-0.2, 0) is 4.79 Å². The number of likely N-dealkylation sites (N-methyl/N-ethyl adjacent to an activating group) is 1.